The molecule has 0 atom stereocenters. The molecule has 7 heteroatoms. The minimum Gasteiger partial charge on any atom is -0.397 e. The van der Waals surface area contributed by atoms with Crippen molar-refractivity contribution in [2.75, 3.05) is 39.0 Å². The van der Waals surface area contributed by atoms with E-state index in [1.165, 1.54) is 17.0 Å². The minimum absolute atomic E-state index is 0.0615. The standard InChI is InChI=1S/C13H15Cl2N3O2/c1-17-2-4-18(5-3-17)13(20)12(19)9-6-8(14)7-10(15)11(9)16/h6-7H,2-5,16H2,1H3. The van der Waals surface area contributed by atoms with Gasteiger partial charge in [-0.05, 0) is 19.2 Å². The molecule has 20 heavy (non-hydrogen) atoms. The van der Waals surface area contributed by atoms with Gasteiger partial charge >= 0.3 is 0 Å². The molecule has 1 amide bonds. The number of piperazine rings is 1. The van der Waals surface area contributed by atoms with E-state index in [-0.39, 0.29) is 21.3 Å². The fourth-order valence-corrected chi connectivity index (χ4v) is 2.53. The van der Waals surface area contributed by atoms with Crippen molar-refractivity contribution in [2.45, 2.75) is 0 Å². The lowest BCUT2D eigenvalue weighted by Crippen LogP contribution is -2.49. The fraction of sp³-hybridized carbons (Fsp3) is 0.385. The zero-order valence-electron chi connectivity index (χ0n) is 11.0. The molecule has 0 spiro atoms. The van der Waals surface area contributed by atoms with Gasteiger partial charge in [0.15, 0.2) is 0 Å². The summed E-state index contributed by atoms with van der Waals surface area (Å²) < 4.78 is 0. The molecule has 2 N–H and O–H groups in total. The van der Waals surface area contributed by atoms with Crippen molar-refractivity contribution in [3.8, 4) is 0 Å². The molecule has 0 aliphatic carbocycles. The molecule has 1 aliphatic heterocycles. The highest BCUT2D eigenvalue weighted by Gasteiger charge is 2.27. The largest absolute Gasteiger partial charge is 0.397 e. The number of likely N-dealkylation sites (N-methyl/N-ethyl adjacent to an activating group) is 1. The number of Topliss-reactive ketones (excluding diaryl/α,β-unsaturated/α-hetero) is 1. The van der Waals surface area contributed by atoms with Crippen LogP contribution in [0.25, 0.3) is 0 Å². The van der Waals surface area contributed by atoms with Gasteiger partial charge in [-0.25, -0.2) is 0 Å². The van der Waals surface area contributed by atoms with E-state index in [4.69, 9.17) is 28.9 Å². The second-order valence-corrected chi connectivity index (χ2v) is 5.62. The van der Waals surface area contributed by atoms with Crippen LogP contribution < -0.4 is 5.73 Å². The molecule has 0 aromatic heterocycles. The smallest absolute Gasteiger partial charge is 0.295 e. The van der Waals surface area contributed by atoms with E-state index in [1.807, 2.05) is 7.05 Å². The maximum Gasteiger partial charge on any atom is 0.295 e. The van der Waals surface area contributed by atoms with Crippen LogP contribution in [0.2, 0.25) is 10.0 Å². The molecule has 1 fully saturated rings. The van der Waals surface area contributed by atoms with Crippen molar-refractivity contribution in [3.63, 3.8) is 0 Å². The summed E-state index contributed by atoms with van der Waals surface area (Å²) in [6.45, 7) is 2.53. The number of nitrogen functional groups attached to an aromatic ring is 1. The zero-order valence-corrected chi connectivity index (χ0v) is 12.5. The van der Waals surface area contributed by atoms with Gasteiger partial charge in [0.2, 0.25) is 0 Å². The first-order chi connectivity index (χ1) is 9.40. The molecule has 5 nitrogen and oxygen atoms in total. The quantitative estimate of drug-likeness (QED) is 0.510. The van der Waals surface area contributed by atoms with E-state index >= 15 is 0 Å². The molecule has 1 aliphatic rings. The van der Waals surface area contributed by atoms with Gasteiger partial charge in [0.1, 0.15) is 0 Å². The summed E-state index contributed by atoms with van der Waals surface area (Å²) in [6.07, 6.45) is 0. The summed E-state index contributed by atoms with van der Waals surface area (Å²) in [5.74, 6) is -1.24. The van der Waals surface area contributed by atoms with Crippen molar-refractivity contribution in [1.29, 1.82) is 0 Å². The van der Waals surface area contributed by atoms with Crippen LogP contribution in [0, 0.1) is 0 Å². The Morgan fingerprint density at radius 3 is 2.35 bits per heavy atom. The van der Waals surface area contributed by atoms with Crippen LogP contribution in [0.3, 0.4) is 0 Å². The van der Waals surface area contributed by atoms with Crippen LogP contribution in [-0.2, 0) is 4.79 Å². The Kier molecular flexibility index (Phi) is 4.52. The number of ketones is 1. The Bertz CT molecular complexity index is 555. The SMILES string of the molecule is CN1CCN(C(=O)C(=O)c2cc(Cl)cc(Cl)c2N)CC1. The predicted octanol–water partition coefficient (Wildman–Crippen LogP) is 1.53. The summed E-state index contributed by atoms with van der Waals surface area (Å²) in [7, 11) is 1.97. The first-order valence-corrected chi connectivity index (χ1v) is 6.92. The molecule has 2 rings (SSSR count). The molecular weight excluding hydrogens is 301 g/mol. The topological polar surface area (TPSA) is 66.6 Å². The van der Waals surface area contributed by atoms with E-state index in [0.29, 0.717) is 13.1 Å². The van der Waals surface area contributed by atoms with Gasteiger partial charge in [0.05, 0.1) is 16.3 Å². The van der Waals surface area contributed by atoms with E-state index in [1.54, 1.807) is 0 Å². The van der Waals surface area contributed by atoms with Crippen molar-refractivity contribution in [2.24, 2.45) is 0 Å². The number of anilines is 1. The summed E-state index contributed by atoms with van der Waals surface area (Å²) in [4.78, 5) is 28.1. The molecule has 1 aromatic carbocycles. The molecule has 1 aromatic rings. The highest BCUT2D eigenvalue weighted by Crippen LogP contribution is 2.28. The second kappa shape index (κ2) is 5.99. The lowest BCUT2D eigenvalue weighted by atomic mass is 10.1. The summed E-state index contributed by atoms with van der Waals surface area (Å²) in [5.41, 5.74) is 5.90. The van der Waals surface area contributed by atoms with Gasteiger partial charge in [-0.3, -0.25) is 9.59 Å². The second-order valence-electron chi connectivity index (χ2n) is 4.77. The van der Waals surface area contributed by atoms with Gasteiger partial charge in [0.25, 0.3) is 11.7 Å². The van der Waals surface area contributed by atoms with Crippen molar-refractivity contribution in [1.82, 2.24) is 9.80 Å². The van der Waals surface area contributed by atoms with Gasteiger partial charge in [-0.1, -0.05) is 23.2 Å². The lowest BCUT2D eigenvalue weighted by Gasteiger charge is -2.32. The Morgan fingerprint density at radius 1 is 1.15 bits per heavy atom. The monoisotopic (exact) mass is 315 g/mol. The first-order valence-electron chi connectivity index (χ1n) is 6.17. The fourth-order valence-electron chi connectivity index (χ4n) is 2.04. The maximum absolute atomic E-state index is 12.2. The van der Waals surface area contributed by atoms with Crippen LogP contribution in [0.5, 0.6) is 0 Å². The predicted molar refractivity (Wildman–Crippen MR) is 79.3 cm³/mol. The van der Waals surface area contributed by atoms with Gasteiger partial charge in [-0.15, -0.1) is 0 Å². The summed E-state index contributed by atoms with van der Waals surface area (Å²) in [5, 5.41) is 0.450. The number of halogens is 2. The van der Waals surface area contributed by atoms with Crippen LogP contribution in [-0.4, -0.2) is 54.7 Å². The number of nitrogens with two attached hydrogens (primary N) is 1. The summed E-state index contributed by atoms with van der Waals surface area (Å²) in [6, 6.07) is 2.81. The molecule has 108 valence electrons. The Labute approximate surface area is 127 Å². The normalized spacial score (nSPS) is 16.2. The molecule has 0 radical (unpaired) electrons. The summed E-state index contributed by atoms with van der Waals surface area (Å²) >= 11 is 11.7. The van der Waals surface area contributed by atoms with Crippen molar-refractivity contribution in [3.05, 3.63) is 27.7 Å². The minimum atomic E-state index is -0.670. The number of carbonyl (C=O) groups is 2. The van der Waals surface area contributed by atoms with Crippen LogP contribution >= 0.6 is 23.2 Å². The Balaban J connectivity index is 2.21. The van der Waals surface area contributed by atoms with Crippen LogP contribution in [0.1, 0.15) is 10.4 Å². The number of benzene rings is 1. The Morgan fingerprint density at radius 2 is 1.75 bits per heavy atom. The van der Waals surface area contributed by atoms with Gasteiger partial charge < -0.3 is 15.5 Å². The Hall–Kier alpha value is -1.30. The van der Waals surface area contributed by atoms with E-state index < -0.39 is 11.7 Å². The third-order valence-corrected chi connectivity index (χ3v) is 3.85. The lowest BCUT2D eigenvalue weighted by molar-refractivity contribution is -0.127. The maximum atomic E-state index is 12.2. The molecule has 0 unspecified atom stereocenters. The average Bonchev–Trinajstić information content (AvgIpc) is 2.42. The average molecular weight is 316 g/mol. The van der Waals surface area contributed by atoms with Crippen LogP contribution in [0.15, 0.2) is 12.1 Å². The number of rotatable bonds is 2. The van der Waals surface area contributed by atoms with Gasteiger partial charge in [-0.2, -0.15) is 0 Å². The molecule has 1 heterocycles. The molecular formula is C13H15Cl2N3O2. The number of amides is 1. The first kappa shape index (κ1) is 15.1. The number of carbonyl (C=O) groups excluding carboxylic acids is 2. The van der Waals surface area contributed by atoms with E-state index in [0.717, 1.165) is 13.1 Å². The van der Waals surface area contributed by atoms with Crippen LogP contribution in [0.4, 0.5) is 5.69 Å². The third kappa shape index (κ3) is 3.06. The third-order valence-electron chi connectivity index (χ3n) is 3.32. The van der Waals surface area contributed by atoms with E-state index in [9.17, 15) is 9.59 Å². The number of hydrogen-bond donors (Lipinski definition) is 1. The van der Waals surface area contributed by atoms with Crippen molar-refractivity contribution >= 4 is 40.6 Å². The highest BCUT2D eigenvalue weighted by atomic mass is 35.5. The molecule has 0 bridgehead atoms. The van der Waals surface area contributed by atoms with E-state index in [2.05, 4.69) is 4.90 Å². The van der Waals surface area contributed by atoms with Gasteiger partial charge in [0, 0.05) is 31.2 Å². The van der Waals surface area contributed by atoms with Crippen molar-refractivity contribution < 1.29 is 9.59 Å². The number of hydrogen-bond acceptors (Lipinski definition) is 4. The number of nitrogens with zero attached hydrogens (tertiary/aromatic N) is 2. The molecule has 1 saturated heterocycles. The zero-order chi connectivity index (χ0) is 14.9. The molecule has 0 saturated carbocycles. The highest BCUT2D eigenvalue weighted by molar-refractivity contribution is 6.46.